The number of hydrogen-bond acceptors (Lipinski definition) is 3. The molecule has 2 amide bonds. The van der Waals surface area contributed by atoms with E-state index in [1.807, 2.05) is 44.0 Å². The van der Waals surface area contributed by atoms with Crippen LogP contribution in [0.2, 0.25) is 0 Å². The van der Waals surface area contributed by atoms with Gasteiger partial charge in [-0.2, -0.15) is 0 Å². The average Bonchev–Trinajstić information content (AvgIpc) is 2.71. The van der Waals surface area contributed by atoms with Crippen LogP contribution in [0.15, 0.2) is 15.9 Å². The molecular formula is C15H21BrN2O2S. The van der Waals surface area contributed by atoms with Gasteiger partial charge in [-0.05, 0) is 34.3 Å². The van der Waals surface area contributed by atoms with Crippen LogP contribution in [0.4, 0.5) is 0 Å². The number of rotatable bonds is 2. The van der Waals surface area contributed by atoms with Crippen molar-refractivity contribution in [2.45, 2.75) is 52.7 Å². The highest BCUT2D eigenvalue weighted by Gasteiger charge is 2.40. The van der Waals surface area contributed by atoms with E-state index >= 15 is 0 Å². The molecule has 0 spiro atoms. The van der Waals surface area contributed by atoms with Crippen molar-refractivity contribution in [1.29, 1.82) is 0 Å². The Kier molecular flexibility index (Phi) is 4.78. The number of carbonyl (C=O) groups is 2. The van der Waals surface area contributed by atoms with E-state index in [-0.39, 0.29) is 23.3 Å². The van der Waals surface area contributed by atoms with E-state index in [4.69, 9.17) is 0 Å². The highest BCUT2D eigenvalue weighted by molar-refractivity contribution is 9.10. The Morgan fingerprint density at radius 3 is 2.62 bits per heavy atom. The van der Waals surface area contributed by atoms with Gasteiger partial charge in [-0.25, -0.2) is 0 Å². The van der Waals surface area contributed by atoms with Gasteiger partial charge in [-0.15, -0.1) is 11.3 Å². The van der Waals surface area contributed by atoms with Crippen molar-refractivity contribution in [2.75, 3.05) is 0 Å². The normalized spacial score (nSPS) is 24.0. The molecule has 6 heteroatoms. The number of thiophene rings is 1. The summed E-state index contributed by atoms with van der Waals surface area (Å²) in [4.78, 5) is 27.8. The number of nitrogens with zero attached hydrogens (tertiary/aromatic N) is 1. The zero-order valence-corrected chi connectivity index (χ0v) is 15.2. The van der Waals surface area contributed by atoms with E-state index in [1.54, 1.807) is 11.3 Å². The number of carbonyl (C=O) groups excluding carboxylic acids is 2. The molecule has 4 nitrogen and oxygen atoms in total. The van der Waals surface area contributed by atoms with E-state index in [9.17, 15) is 9.59 Å². The summed E-state index contributed by atoms with van der Waals surface area (Å²) in [5, 5.41) is 4.89. The van der Waals surface area contributed by atoms with Crippen molar-refractivity contribution < 1.29 is 9.59 Å². The maximum atomic E-state index is 12.9. The van der Waals surface area contributed by atoms with Crippen LogP contribution in [0.5, 0.6) is 0 Å². The van der Waals surface area contributed by atoms with Gasteiger partial charge < -0.3 is 10.2 Å². The van der Waals surface area contributed by atoms with E-state index < -0.39 is 6.04 Å². The smallest absolute Gasteiger partial charge is 0.246 e. The lowest BCUT2D eigenvalue weighted by molar-refractivity contribution is -0.138. The van der Waals surface area contributed by atoms with Crippen LogP contribution in [0.1, 0.15) is 39.0 Å². The minimum Gasteiger partial charge on any atom is -0.344 e. The molecule has 0 bridgehead atoms. The van der Waals surface area contributed by atoms with E-state index in [0.29, 0.717) is 13.0 Å². The van der Waals surface area contributed by atoms with E-state index in [1.165, 1.54) is 0 Å². The fourth-order valence-electron chi connectivity index (χ4n) is 2.47. The lowest BCUT2D eigenvalue weighted by Gasteiger charge is -2.34. The molecule has 1 N–H and O–H groups in total. The summed E-state index contributed by atoms with van der Waals surface area (Å²) < 4.78 is 1.03. The molecule has 2 atom stereocenters. The maximum absolute atomic E-state index is 12.9. The average molecular weight is 373 g/mol. The SMILES string of the molecule is CC1CC(=O)NC(C(C)(C)C)C(=O)N1Cc1cc(Br)cs1. The third-order valence-electron chi connectivity index (χ3n) is 3.66. The number of hydrogen-bond donors (Lipinski definition) is 1. The molecule has 2 rings (SSSR count). The zero-order valence-electron chi connectivity index (χ0n) is 12.8. The van der Waals surface area contributed by atoms with Crippen LogP contribution < -0.4 is 5.32 Å². The molecular weight excluding hydrogens is 352 g/mol. The first-order chi connectivity index (χ1) is 9.68. The van der Waals surface area contributed by atoms with Gasteiger partial charge in [0.25, 0.3) is 0 Å². The summed E-state index contributed by atoms with van der Waals surface area (Å²) in [5.41, 5.74) is -0.301. The monoisotopic (exact) mass is 372 g/mol. The van der Waals surface area contributed by atoms with Crippen LogP contribution in [-0.4, -0.2) is 28.8 Å². The highest BCUT2D eigenvalue weighted by Crippen LogP contribution is 2.28. The first-order valence-electron chi connectivity index (χ1n) is 7.01. The summed E-state index contributed by atoms with van der Waals surface area (Å²) in [6.07, 6.45) is 0.352. The second-order valence-electron chi connectivity index (χ2n) is 6.62. The summed E-state index contributed by atoms with van der Waals surface area (Å²) in [6.45, 7) is 8.42. The van der Waals surface area contributed by atoms with Crippen LogP contribution in [0, 0.1) is 5.41 Å². The molecule has 0 saturated carbocycles. The van der Waals surface area contributed by atoms with Crippen molar-refractivity contribution in [3.63, 3.8) is 0 Å². The van der Waals surface area contributed by atoms with Crippen LogP contribution in [0.3, 0.4) is 0 Å². The number of nitrogens with one attached hydrogen (secondary N) is 1. The fourth-order valence-corrected chi connectivity index (χ4v) is 3.92. The Morgan fingerprint density at radius 1 is 1.43 bits per heavy atom. The largest absolute Gasteiger partial charge is 0.344 e. The van der Waals surface area contributed by atoms with Crippen molar-refractivity contribution in [2.24, 2.45) is 5.41 Å². The molecule has 1 aliphatic rings. The first-order valence-corrected chi connectivity index (χ1v) is 8.68. The van der Waals surface area contributed by atoms with Gasteiger partial charge in [0, 0.05) is 27.2 Å². The van der Waals surface area contributed by atoms with Gasteiger partial charge in [0.15, 0.2) is 0 Å². The topological polar surface area (TPSA) is 49.4 Å². The van der Waals surface area contributed by atoms with E-state index in [2.05, 4.69) is 21.2 Å². The second kappa shape index (κ2) is 6.08. The van der Waals surface area contributed by atoms with Crippen molar-refractivity contribution in [3.05, 3.63) is 20.8 Å². The molecule has 0 radical (unpaired) electrons. The van der Waals surface area contributed by atoms with Gasteiger partial charge in [-0.3, -0.25) is 9.59 Å². The van der Waals surface area contributed by atoms with Gasteiger partial charge in [0.1, 0.15) is 6.04 Å². The zero-order chi connectivity index (χ0) is 15.8. The predicted octanol–water partition coefficient (Wildman–Crippen LogP) is 3.16. The van der Waals surface area contributed by atoms with Crippen LogP contribution in [-0.2, 0) is 16.1 Å². The minimum absolute atomic E-state index is 0.00497. The molecule has 1 aromatic rings. The molecule has 1 aliphatic heterocycles. The lowest BCUT2D eigenvalue weighted by atomic mass is 9.86. The molecule has 0 aromatic carbocycles. The maximum Gasteiger partial charge on any atom is 0.246 e. The number of halogens is 1. The fraction of sp³-hybridized carbons (Fsp3) is 0.600. The lowest BCUT2D eigenvalue weighted by Crippen LogP contribution is -2.52. The Labute approximate surface area is 138 Å². The quantitative estimate of drug-likeness (QED) is 0.866. The van der Waals surface area contributed by atoms with Crippen LogP contribution in [0.25, 0.3) is 0 Å². The minimum atomic E-state index is -0.474. The van der Waals surface area contributed by atoms with Crippen molar-refractivity contribution >= 4 is 39.1 Å². The summed E-state index contributed by atoms with van der Waals surface area (Å²) in [6, 6.07) is 1.46. The summed E-state index contributed by atoms with van der Waals surface area (Å²) in [5.74, 6) is -0.0454. The van der Waals surface area contributed by atoms with Crippen LogP contribution >= 0.6 is 27.3 Å². The van der Waals surface area contributed by atoms with Gasteiger partial charge in [-0.1, -0.05) is 20.8 Å². The summed E-state index contributed by atoms with van der Waals surface area (Å²) in [7, 11) is 0. The molecule has 21 heavy (non-hydrogen) atoms. The highest BCUT2D eigenvalue weighted by atomic mass is 79.9. The molecule has 1 fully saturated rings. The summed E-state index contributed by atoms with van der Waals surface area (Å²) >= 11 is 5.05. The third-order valence-corrected chi connectivity index (χ3v) is 5.34. The Bertz CT molecular complexity index is 550. The van der Waals surface area contributed by atoms with Crippen molar-refractivity contribution in [3.8, 4) is 0 Å². The molecule has 1 saturated heterocycles. The first kappa shape index (κ1) is 16.5. The standard InChI is InChI=1S/C15H21BrN2O2S/c1-9-5-12(19)17-13(15(2,3)4)14(20)18(9)7-11-6-10(16)8-21-11/h6,8-9,13H,5,7H2,1-4H3,(H,17,19). The number of amides is 2. The molecule has 2 heterocycles. The van der Waals surface area contributed by atoms with Gasteiger partial charge in [0.05, 0.1) is 6.54 Å². The van der Waals surface area contributed by atoms with Crippen molar-refractivity contribution in [1.82, 2.24) is 10.2 Å². The molecule has 1 aromatic heterocycles. The Morgan fingerprint density at radius 2 is 2.10 bits per heavy atom. The Hall–Kier alpha value is -0.880. The van der Waals surface area contributed by atoms with Gasteiger partial charge >= 0.3 is 0 Å². The van der Waals surface area contributed by atoms with E-state index in [0.717, 1.165) is 9.35 Å². The molecule has 116 valence electrons. The predicted molar refractivity (Wildman–Crippen MR) is 88.0 cm³/mol. The third kappa shape index (κ3) is 3.86. The van der Waals surface area contributed by atoms with Gasteiger partial charge in [0.2, 0.25) is 11.8 Å². The molecule has 2 unspecified atom stereocenters. The Balaban J connectivity index is 2.28. The molecule has 0 aliphatic carbocycles. The second-order valence-corrected chi connectivity index (χ2v) is 8.53.